The highest BCUT2D eigenvalue weighted by Gasteiger charge is 1.92. The van der Waals surface area contributed by atoms with Gasteiger partial charge in [-0.2, -0.15) is 0 Å². The molecule has 0 aliphatic rings. The number of hydrogen-bond acceptors (Lipinski definition) is 0. The maximum atomic E-state index is 2.76. The van der Waals surface area contributed by atoms with Gasteiger partial charge in [0.05, 0.1) is 0 Å². The van der Waals surface area contributed by atoms with Crippen molar-refractivity contribution in [3.63, 3.8) is 0 Å². The fraction of sp³-hybridized carbons (Fsp3) is 0.333. The Balaban J connectivity index is 2.81. The Hall–Kier alpha value is -0.350. The van der Waals surface area contributed by atoms with Crippen molar-refractivity contribution in [3.8, 4) is 0 Å². The second kappa shape index (κ2) is 3.73. The molecule has 0 aliphatic heterocycles. The van der Waals surface area contributed by atoms with Crippen molar-refractivity contribution >= 4 is 14.5 Å². The van der Waals surface area contributed by atoms with Crippen LogP contribution in [-0.4, -0.2) is 0 Å². The largest absolute Gasteiger partial charge is 0.105 e. The molecule has 0 heterocycles. The second-order valence-corrected chi connectivity index (χ2v) is 3.07. The van der Waals surface area contributed by atoms with E-state index >= 15 is 0 Å². The summed E-state index contributed by atoms with van der Waals surface area (Å²) in [6.07, 6.45) is 2.42. The lowest BCUT2D eigenvalue weighted by atomic mass is 10.1. The Morgan fingerprint density at radius 2 is 2.00 bits per heavy atom. The van der Waals surface area contributed by atoms with Gasteiger partial charge in [0.1, 0.15) is 0 Å². The van der Waals surface area contributed by atoms with Crippen LogP contribution in [0.5, 0.6) is 0 Å². The maximum Gasteiger partial charge on any atom is -0.0271 e. The first-order valence-corrected chi connectivity index (χ1v) is 4.25. The highest BCUT2D eigenvalue weighted by atomic mass is 31.0. The molecule has 1 heteroatoms. The van der Waals surface area contributed by atoms with E-state index in [1.54, 1.807) is 0 Å². The van der Waals surface area contributed by atoms with Crippen molar-refractivity contribution in [3.05, 3.63) is 29.8 Å². The molecule has 54 valence electrons. The zero-order valence-corrected chi connectivity index (χ0v) is 7.46. The molecule has 0 amide bonds. The molecule has 10 heavy (non-hydrogen) atoms. The van der Waals surface area contributed by atoms with Crippen molar-refractivity contribution in [2.75, 3.05) is 0 Å². The van der Waals surface area contributed by atoms with Crippen LogP contribution in [0, 0.1) is 0 Å². The minimum absolute atomic E-state index is 1.19. The van der Waals surface area contributed by atoms with Crippen LogP contribution in [0.15, 0.2) is 24.3 Å². The van der Waals surface area contributed by atoms with Crippen molar-refractivity contribution in [2.24, 2.45) is 0 Å². The quantitative estimate of drug-likeness (QED) is 0.569. The molecule has 1 aromatic rings. The van der Waals surface area contributed by atoms with Crippen molar-refractivity contribution in [2.45, 2.75) is 19.8 Å². The predicted molar refractivity (Wildman–Crippen MR) is 49.8 cm³/mol. The number of hydrogen-bond donors (Lipinski definition) is 0. The molecule has 0 spiro atoms. The van der Waals surface area contributed by atoms with E-state index in [1.165, 1.54) is 23.7 Å². The van der Waals surface area contributed by atoms with Gasteiger partial charge in [0, 0.05) is 0 Å². The minimum atomic E-state index is 1.19. The third-order valence-electron chi connectivity index (χ3n) is 1.57. The molecule has 0 nitrogen and oxygen atoms in total. The van der Waals surface area contributed by atoms with Crippen LogP contribution >= 0.6 is 9.24 Å². The first-order chi connectivity index (χ1) is 4.84. The van der Waals surface area contributed by atoms with Crippen LogP contribution < -0.4 is 5.30 Å². The molecular weight excluding hydrogens is 139 g/mol. The first kappa shape index (κ1) is 7.75. The summed E-state index contributed by atoms with van der Waals surface area (Å²) in [6, 6.07) is 8.49. The Kier molecular flexibility index (Phi) is 2.89. The van der Waals surface area contributed by atoms with Crippen molar-refractivity contribution in [1.82, 2.24) is 0 Å². The molecule has 0 aromatic heterocycles. The first-order valence-electron chi connectivity index (χ1n) is 3.68. The minimum Gasteiger partial charge on any atom is -0.105 e. The zero-order valence-electron chi connectivity index (χ0n) is 6.30. The van der Waals surface area contributed by atoms with Gasteiger partial charge < -0.3 is 0 Å². The molecule has 0 fully saturated rings. The van der Waals surface area contributed by atoms with Crippen LogP contribution in [0.2, 0.25) is 0 Å². The summed E-state index contributed by atoms with van der Waals surface area (Å²) in [5.41, 5.74) is 1.45. The zero-order chi connectivity index (χ0) is 7.40. The van der Waals surface area contributed by atoms with E-state index in [1.807, 2.05) is 0 Å². The van der Waals surface area contributed by atoms with Gasteiger partial charge in [0.15, 0.2) is 0 Å². The maximum absolute atomic E-state index is 2.76. The molecule has 0 radical (unpaired) electrons. The lowest BCUT2D eigenvalue weighted by Gasteiger charge is -2.00. The van der Waals surface area contributed by atoms with E-state index in [0.29, 0.717) is 0 Å². The topological polar surface area (TPSA) is 0 Å². The lowest BCUT2D eigenvalue weighted by Crippen LogP contribution is -1.99. The van der Waals surface area contributed by atoms with Gasteiger partial charge in [0.2, 0.25) is 0 Å². The monoisotopic (exact) mass is 152 g/mol. The van der Waals surface area contributed by atoms with Gasteiger partial charge in [-0.15, -0.1) is 9.24 Å². The number of rotatable bonds is 2. The summed E-state index contributed by atoms with van der Waals surface area (Å²) in [5, 5.41) is 1.34. The molecule has 0 N–H and O–H groups in total. The standard InChI is InChI=1S/C9H13P/c1-2-5-8-6-3-4-7-9(8)10/h3-4,6-7H,2,5,10H2,1H3. The van der Waals surface area contributed by atoms with Gasteiger partial charge in [-0.25, -0.2) is 0 Å². The third kappa shape index (κ3) is 1.82. The Morgan fingerprint density at radius 3 is 2.60 bits per heavy atom. The highest BCUT2D eigenvalue weighted by Crippen LogP contribution is 2.02. The van der Waals surface area contributed by atoms with Gasteiger partial charge in [0.25, 0.3) is 0 Å². The fourth-order valence-corrected chi connectivity index (χ4v) is 1.38. The van der Waals surface area contributed by atoms with E-state index in [9.17, 15) is 0 Å². The van der Waals surface area contributed by atoms with E-state index in [2.05, 4.69) is 40.4 Å². The van der Waals surface area contributed by atoms with E-state index < -0.39 is 0 Å². The third-order valence-corrected chi connectivity index (χ3v) is 2.14. The molecule has 0 aliphatic carbocycles. The molecule has 1 unspecified atom stereocenters. The average molecular weight is 152 g/mol. The Morgan fingerprint density at radius 1 is 1.30 bits per heavy atom. The molecule has 1 atom stereocenters. The van der Waals surface area contributed by atoms with Crippen molar-refractivity contribution in [1.29, 1.82) is 0 Å². The smallest absolute Gasteiger partial charge is 0.0271 e. The van der Waals surface area contributed by atoms with Crippen LogP contribution in [-0.2, 0) is 6.42 Å². The predicted octanol–water partition coefficient (Wildman–Crippen LogP) is 2.14. The molecule has 1 aromatic carbocycles. The Bertz CT molecular complexity index is 206. The van der Waals surface area contributed by atoms with Crippen LogP contribution in [0.1, 0.15) is 18.9 Å². The van der Waals surface area contributed by atoms with E-state index in [-0.39, 0.29) is 0 Å². The summed E-state index contributed by atoms with van der Waals surface area (Å²) in [7, 11) is 2.76. The molecule has 0 saturated heterocycles. The number of benzene rings is 1. The van der Waals surface area contributed by atoms with Crippen LogP contribution in [0.3, 0.4) is 0 Å². The summed E-state index contributed by atoms with van der Waals surface area (Å²) in [5.74, 6) is 0. The molecule has 0 bridgehead atoms. The summed E-state index contributed by atoms with van der Waals surface area (Å²) in [4.78, 5) is 0. The van der Waals surface area contributed by atoms with Crippen LogP contribution in [0.25, 0.3) is 0 Å². The molecule has 1 rings (SSSR count). The fourth-order valence-electron chi connectivity index (χ4n) is 1.03. The van der Waals surface area contributed by atoms with Gasteiger partial charge >= 0.3 is 0 Å². The lowest BCUT2D eigenvalue weighted by molar-refractivity contribution is 0.928. The average Bonchev–Trinajstić information content (AvgIpc) is 1.94. The summed E-state index contributed by atoms with van der Waals surface area (Å²) < 4.78 is 0. The SMILES string of the molecule is CCCc1ccccc1P. The van der Waals surface area contributed by atoms with E-state index in [4.69, 9.17) is 0 Å². The molecular formula is C9H13P. The van der Waals surface area contributed by atoms with Gasteiger partial charge in [-0.1, -0.05) is 37.6 Å². The summed E-state index contributed by atoms with van der Waals surface area (Å²) >= 11 is 0. The molecule has 0 saturated carbocycles. The number of aryl methyl sites for hydroxylation is 1. The van der Waals surface area contributed by atoms with Crippen molar-refractivity contribution < 1.29 is 0 Å². The van der Waals surface area contributed by atoms with E-state index in [0.717, 1.165) is 0 Å². The second-order valence-electron chi connectivity index (χ2n) is 2.45. The Labute approximate surface area is 64.9 Å². The van der Waals surface area contributed by atoms with Crippen LogP contribution in [0.4, 0.5) is 0 Å². The van der Waals surface area contributed by atoms with Gasteiger partial charge in [-0.3, -0.25) is 0 Å². The highest BCUT2D eigenvalue weighted by molar-refractivity contribution is 7.27. The summed E-state index contributed by atoms with van der Waals surface area (Å²) in [6.45, 7) is 2.21. The van der Waals surface area contributed by atoms with Gasteiger partial charge in [-0.05, 0) is 17.3 Å². The normalized spacial score (nSPS) is 9.80.